The highest BCUT2D eigenvalue weighted by molar-refractivity contribution is 6.46. The first-order chi connectivity index (χ1) is 15.1. The molecule has 154 valence electrons. The Balaban J connectivity index is 1.72. The molecule has 4 aromatic rings. The summed E-state index contributed by atoms with van der Waals surface area (Å²) < 4.78 is 7.13. The number of rotatable bonds is 4. The fourth-order valence-electron chi connectivity index (χ4n) is 4.12. The number of ketones is 1. The van der Waals surface area contributed by atoms with Gasteiger partial charge < -0.3 is 14.4 Å². The zero-order valence-corrected chi connectivity index (χ0v) is 16.7. The highest BCUT2D eigenvalue weighted by Crippen LogP contribution is 2.40. The third-order valence-corrected chi connectivity index (χ3v) is 5.49. The fraction of sp³-hybridized carbons (Fsp3) is 0.125. The van der Waals surface area contributed by atoms with E-state index in [4.69, 9.17) is 4.42 Å². The number of furan rings is 1. The minimum atomic E-state index is -0.750. The average molecular weight is 413 g/mol. The number of benzene rings is 1. The molecular formula is C24H19N3O4. The van der Waals surface area contributed by atoms with Crippen LogP contribution in [0.15, 0.2) is 83.1 Å². The zero-order valence-electron chi connectivity index (χ0n) is 16.7. The topological polar surface area (TPSA) is 88.0 Å². The number of amides is 1. The SMILES string of the molecule is Cc1nc2ccccn2c1/C(O)=C1\C(=O)C(=O)N(Cc2ccco2)C1c1ccccc1. The molecule has 1 aromatic carbocycles. The van der Waals surface area contributed by atoms with Crippen LogP contribution in [0.3, 0.4) is 0 Å². The van der Waals surface area contributed by atoms with Crippen molar-refractivity contribution in [3.05, 3.63) is 101 Å². The Morgan fingerprint density at radius 1 is 1.06 bits per heavy atom. The van der Waals surface area contributed by atoms with Crippen LogP contribution < -0.4 is 0 Å². The van der Waals surface area contributed by atoms with Gasteiger partial charge in [-0.25, -0.2) is 4.98 Å². The number of imidazole rings is 1. The second-order valence-corrected chi connectivity index (χ2v) is 7.39. The van der Waals surface area contributed by atoms with Crippen LogP contribution in [0, 0.1) is 6.92 Å². The molecule has 1 saturated heterocycles. The molecule has 1 N–H and O–H groups in total. The van der Waals surface area contributed by atoms with E-state index < -0.39 is 17.7 Å². The van der Waals surface area contributed by atoms with Gasteiger partial charge in [0.1, 0.15) is 17.1 Å². The molecule has 7 heteroatoms. The van der Waals surface area contributed by atoms with Crippen molar-refractivity contribution in [3.8, 4) is 0 Å². The van der Waals surface area contributed by atoms with Crippen LogP contribution in [-0.2, 0) is 16.1 Å². The molecule has 0 spiro atoms. The minimum absolute atomic E-state index is 0.0384. The number of aryl methyl sites for hydroxylation is 1. The molecule has 1 unspecified atom stereocenters. The van der Waals surface area contributed by atoms with Crippen LogP contribution in [-0.4, -0.2) is 31.1 Å². The summed E-state index contributed by atoms with van der Waals surface area (Å²) in [5.41, 5.74) is 2.36. The number of carbonyl (C=O) groups is 2. The molecule has 0 bridgehead atoms. The number of pyridine rings is 1. The quantitative estimate of drug-likeness (QED) is 0.312. The largest absolute Gasteiger partial charge is 0.505 e. The van der Waals surface area contributed by atoms with Gasteiger partial charge in [0.2, 0.25) is 0 Å². The van der Waals surface area contributed by atoms with Crippen LogP contribution in [0.1, 0.15) is 28.8 Å². The standard InChI is InChI=1S/C24H19N3O4/c1-15-20(26-12-6-5-11-18(26)25-15)22(28)19-21(16-8-3-2-4-9-16)27(24(30)23(19)29)14-17-10-7-13-31-17/h2-13,21,28H,14H2,1H3/b22-19+. The molecule has 0 radical (unpaired) electrons. The number of aliphatic hydroxyl groups excluding tert-OH is 1. The second kappa shape index (κ2) is 7.28. The monoisotopic (exact) mass is 413 g/mol. The van der Waals surface area contributed by atoms with Crippen molar-refractivity contribution in [3.63, 3.8) is 0 Å². The van der Waals surface area contributed by atoms with Gasteiger partial charge in [-0.3, -0.25) is 14.0 Å². The van der Waals surface area contributed by atoms with Crippen molar-refractivity contribution >= 4 is 23.1 Å². The van der Waals surface area contributed by atoms with Crippen molar-refractivity contribution in [1.29, 1.82) is 0 Å². The van der Waals surface area contributed by atoms with Gasteiger partial charge in [-0.15, -0.1) is 0 Å². The molecular weight excluding hydrogens is 394 g/mol. The van der Waals surface area contributed by atoms with Gasteiger partial charge in [-0.05, 0) is 36.8 Å². The summed E-state index contributed by atoms with van der Waals surface area (Å²) in [5.74, 6) is -1.11. The summed E-state index contributed by atoms with van der Waals surface area (Å²) >= 11 is 0. The first-order valence-electron chi connectivity index (χ1n) is 9.86. The molecule has 0 saturated carbocycles. The van der Waals surface area contributed by atoms with E-state index in [1.807, 2.05) is 48.5 Å². The van der Waals surface area contributed by atoms with Crippen molar-refractivity contribution < 1.29 is 19.1 Å². The minimum Gasteiger partial charge on any atom is -0.505 e. The molecule has 1 fully saturated rings. The van der Waals surface area contributed by atoms with E-state index >= 15 is 0 Å². The third kappa shape index (κ3) is 3.02. The number of nitrogens with zero attached hydrogens (tertiary/aromatic N) is 3. The number of aromatic nitrogens is 2. The fourth-order valence-corrected chi connectivity index (χ4v) is 4.12. The third-order valence-electron chi connectivity index (χ3n) is 5.49. The smallest absolute Gasteiger partial charge is 0.296 e. The van der Waals surface area contributed by atoms with Gasteiger partial charge in [-0.1, -0.05) is 36.4 Å². The van der Waals surface area contributed by atoms with E-state index in [-0.39, 0.29) is 17.9 Å². The Kier molecular flexibility index (Phi) is 4.43. The summed E-state index contributed by atoms with van der Waals surface area (Å²) in [5, 5.41) is 11.3. The summed E-state index contributed by atoms with van der Waals surface area (Å²) in [6, 6.07) is 17.4. The van der Waals surface area contributed by atoms with Crippen LogP contribution in [0.2, 0.25) is 0 Å². The highest BCUT2D eigenvalue weighted by atomic mass is 16.3. The van der Waals surface area contributed by atoms with E-state index in [1.165, 1.54) is 11.2 Å². The number of likely N-dealkylation sites (tertiary alicyclic amines) is 1. The van der Waals surface area contributed by atoms with Crippen LogP contribution >= 0.6 is 0 Å². The zero-order chi connectivity index (χ0) is 21.5. The van der Waals surface area contributed by atoms with Crippen molar-refractivity contribution in [2.24, 2.45) is 0 Å². The summed E-state index contributed by atoms with van der Waals surface area (Å²) in [6.07, 6.45) is 3.28. The second-order valence-electron chi connectivity index (χ2n) is 7.39. The number of hydrogen-bond donors (Lipinski definition) is 1. The number of aliphatic hydroxyl groups is 1. The van der Waals surface area contributed by atoms with Gasteiger partial charge in [-0.2, -0.15) is 0 Å². The molecule has 5 rings (SSSR count). The van der Waals surface area contributed by atoms with E-state index in [2.05, 4.69) is 4.98 Å². The van der Waals surface area contributed by atoms with Gasteiger partial charge in [0.15, 0.2) is 5.76 Å². The predicted molar refractivity (Wildman–Crippen MR) is 113 cm³/mol. The maximum Gasteiger partial charge on any atom is 0.296 e. The molecule has 7 nitrogen and oxygen atoms in total. The predicted octanol–water partition coefficient (Wildman–Crippen LogP) is 3.86. The van der Waals surface area contributed by atoms with E-state index in [9.17, 15) is 14.7 Å². The van der Waals surface area contributed by atoms with Gasteiger partial charge in [0.05, 0.1) is 30.1 Å². The lowest BCUT2D eigenvalue weighted by Crippen LogP contribution is -2.29. The molecule has 1 atom stereocenters. The van der Waals surface area contributed by atoms with E-state index in [0.29, 0.717) is 22.8 Å². The Morgan fingerprint density at radius 3 is 2.58 bits per heavy atom. The Bertz CT molecular complexity index is 1320. The van der Waals surface area contributed by atoms with Crippen LogP contribution in [0.5, 0.6) is 0 Å². The lowest BCUT2D eigenvalue weighted by atomic mass is 9.96. The Hall–Kier alpha value is -4.13. The molecule has 4 heterocycles. The molecule has 1 aliphatic rings. The molecule has 1 amide bonds. The number of fused-ring (bicyclic) bond motifs is 1. The lowest BCUT2D eigenvalue weighted by Gasteiger charge is -2.24. The maximum atomic E-state index is 13.1. The van der Waals surface area contributed by atoms with Gasteiger partial charge in [0, 0.05) is 6.20 Å². The van der Waals surface area contributed by atoms with E-state index in [0.717, 1.165) is 5.56 Å². The molecule has 0 aliphatic carbocycles. The average Bonchev–Trinajstić information content (AvgIpc) is 3.47. The molecule has 31 heavy (non-hydrogen) atoms. The van der Waals surface area contributed by atoms with Crippen molar-refractivity contribution in [2.45, 2.75) is 19.5 Å². The Morgan fingerprint density at radius 2 is 1.84 bits per heavy atom. The lowest BCUT2D eigenvalue weighted by molar-refractivity contribution is -0.140. The van der Waals surface area contributed by atoms with Crippen LogP contribution in [0.4, 0.5) is 0 Å². The highest BCUT2D eigenvalue weighted by Gasteiger charge is 2.46. The number of Topliss-reactive ketones (excluding diaryl/α,β-unsaturated/α-hetero) is 1. The van der Waals surface area contributed by atoms with Crippen molar-refractivity contribution in [2.75, 3.05) is 0 Å². The van der Waals surface area contributed by atoms with Gasteiger partial charge >= 0.3 is 0 Å². The first kappa shape index (κ1) is 18.9. The van der Waals surface area contributed by atoms with E-state index in [1.54, 1.807) is 29.7 Å². The maximum absolute atomic E-state index is 13.1. The Labute approximate surface area is 177 Å². The summed E-state index contributed by atoms with van der Waals surface area (Å²) in [4.78, 5) is 32.1. The molecule has 1 aliphatic heterocycles. The summed E-state index contributed by atoms with van der Waals surface area (Å²) in [6.45, 7) is 1.87. The van der Waals surface area contributed by atoms with Crippen molar-refractivity contribution in [1.82, 2.24) is 14.3 Å². The number of carbonyl (C=O) groups excluding carboxylic acids is 2. The first-order valence-corrected chi connectivity index (χ1v) is 9.86. The van der Waals surface area contributed by atoms with Crippen LogP contribution in [0.25, 0.3) is 11.4 Å². The van der Waals surface area contributed by atoms with Gasteiger partial charge in [0.25, 0.3) is 11.7 Å². The number of hydrogen-bond acceptors (Lipinski definition) is 5. The normalized spacial score (nSPS) is 18.2. The summed E-state index contributed by atoms with van der Waals surface area (Å²) in [7, 11) is 0. The molecule has 3 aromatic heterocycles.